The smallest absolute Gasteiger partial charge is 0.269 e. The summed E-state index contributed by atoms with van der Waals surface area (Å²) in [6, 6.07) is 9.79. The number of hydrogen-bond acceptors (Lipinski definition) is 6. The number of nitro groups is 1. The number of aromatic nitrogens is 3. The van der Waals surface area contributed by atoms with Gasteiger partial charge in [0.1, 0.15) is 0 Å². The Morgan fingerprint density at radius 2 is 2.03 bits per heavy atom. The number of carbonyl (C=O) groups excluding carboxylic acids is 1. The van der Waals surface area contributed by atoms with Crippen molar-refractivity contribution in [1.29, 1.82) is 0 Å². The molecule has 2 aromatic heterocycles. The second-order valence-corrected chi connectivity index (χ2v) is 8.72. The Kier molecular flexibility index (Phi) is 6.48. The van der Waals surface area contributed by atoms with E-state index in [9.17, 15) is 14.9 Å². The molecule has 0 bridgehead atoms. The number of rotatable bonds is 8. The molecule has 0 aliphatic carbocycles. The number of anilines is 1. The minimum absolute atomic E-state index is 0.00493. The van der Waals surface area contributed by atoms with E-state index in [1.807, 2.05) is 29.8 Å². The summed E-state index contributed by atoms with van der Waals surface area (Å²) in [7, 11) is 0. The number of nitro benzene ring substituents is 1. The van der Waals surface area contributed by atoms with E-state index in [4.69, 9.17) is 16.6 Å². The second kappa shape index (κ2) is 9.46. The fraction of sp³-hybridized carbons (Fsp3) is 0.227. The van der Waals surface area contributed by atoms with Crippen molar-refractivity contribution in [2.24, 2.45) is 0 Å². The SMILES string of the molecule is Cc1ccc(Cl)c2sc(N(CCCn3ccnc3)C(=O)Cc3ccc([N+](=O)[O-])cc3)nc12. The van der Waals surface area contributed by atoms with E-state index in [-0.39, 0.29) is 18.0 Å². The average molecular weight is 470 g/mol. The number of hydrogen-bond donors (Lipinski definition) is 0. The van der Waals surface area contributed by atoms with Crippen molar-refractivity contribution in [2.75, 3.05) is 11.4 Å². The van der Waals surface area contributed by atoms with Crippen molar-refractivity contribution in [3.8, 4) is 0 Å². The lowest BCUT2D eigenvalue weighted by atomic mass is 10.1. The zero-order valence-electron chi connectivity index (χ0n) is 17.3. The minimum atomic E-state index is -0.457. The molecule has 0 spiro atoms. The molecule has 1 amide bonds. The maximum atomic E-state index is 13.3. The fourth-order valence-corrected chi connectivity index (χ4v) is 4.73. The van der Waals surface area contributed by atoms with E-state index in [1.165, 1.54) is 23.5 Å². The first-order valence-electron chi connectivity index (χ1n) is 9.97. The van der Waals surface area contributed by atoms with Gasteiger partial charge < -0.3 is 4.57 Å². The van der Waals surface area contributed by atoms with Gasteiger partial charge >= 0.3 is 0 Å². The molecule has 0 aliphatic rings. The monoisotopic (exact) mass is 469 g/mol. The third-order valence-corrected chi connectivity index (χ3v) is 6.62. The van der Waals surface area contributed by atoms with E-state index >= 15 is 0 Å². The highest BCUT2D eigenvalue weighted by molar-refractivity contribution is 7.23. The number of benzene rings is 2. The Morgan fingerprint density at radius 1 is 1.25 bits per heavy atom. The van der Waals surface area contributed by atoms with Crippen molar-refractivity contribution in [1.82, 2.24) is 14.5 Å². The molecule has 0 radical (unpaired) electrons. The molecule has 0 fully saturated rings. The van der Waals surface area contributed by atoms with Crippen LogP contribution in [-0.4, -0.2) is 31.9 Å². The Hall–Kier alpha value is -3.30. The average Bonchev–Trinajstić information content (AvgIpc) is 3.45. The van der Waals surface area contributed by atoms with Crippen LogP contribution in [0.3, 0.4) is 0 Å². The highest BCUT2D eigenvalue weighted by Crippen LogP contribution is 2.36. The normalized spacial score (nSPS) is 11.1. The van der Waals surface area contributed by atoms with Gasteiger partial charge in [-0.1, -0.05) is 41.1 Å². The molecule has 4 aromatic rings. The maximum Gasteiger partial charge on any atom is 0.269 e. The number of imidazole rings is 1. The van der Waals surface area contributed by atoms with Crippen LogP contribution in [0.1, 0.15) is 17.5 Å². The lowest BCUT2D eigenvalue weighted by Crippen LogP contribution is -2.33. The topological polar surface area (TPSA) is 94.2 Å². The van der Waals surface area contributed by atoms with Gasteiger partial charge in [-0.2, -0.15) is 0 Å². The molecular weight excluding hydrogens is 450 g/mol. The zero-order valence-corrected chi connectivity index (χ0v) is 18.8. The summed E-state index contributed by atoms with van der Waals surface area (Å²) in [5.74, 6) is -0.127. The van der Waals surface area contributed by atoms with E-state index in [1.54, 1.807) is 29.6 Å². The molecule has 10 heteroatoms. The number of carbonyl (C=O) groups is 1. The van der Waals surface area contributed by atoms with Crippen molar-refractivity contribution >= 4 is 49.9 Å². The molecule has 0 aliphatic heterocycles. The maximum absolute atomic E-state index is 13.3. The van der Waals surface area contributed by atoms with Gasteiger partial charge in [0.25, 0.3) is 5.69 Å². The van der Waals surface area contributed by atoms with Gasteiger partial charge in [-0.15, -0.1) is 0 Å². The molecule has 32 heavy (non-hydrogen) atoms. The summed E-state index contributed by atoms with van der Waals surface area (Å²) < 4.78 is 2.81. The third-order valence-electron chi connectivity index (χ3n) is 5.08. The Bertz CT molecular complexity index is 1220. The molecular formula is C22H20ClN5O3S. The Balaban J connectivity index is 1.59. The van der Waals surface area contributed by atoms with Gasteiger partial charge in [-0.3, -0.25) is 19.8 Å². The summed E-state index contributed by atoms with van der Waals surface area (Å²) in [5, 5.41) is 12.1. The van der Waals surface area contributed by atoms with Crippen LogP contribution in [0.2, 0.25) is 5.02 Å². The first-order valence-corrected chi connectivity index (χ1v) is 11.2. The summed E-state index contributed by atoms with van der Waals surface area (Å²) in [5.41, 5.74) is 2.48. The molecule has 0 N–H and O–H groups in total. The van der Waals surface area contributed by atoms with E-state index < -0.39 is 4.92 Å². The van der Waals surface area contributed by atoms with Crippen LogP contribution in [-0.2, 0) is 17.8 Å². The highest BCUT2D eigenvalue weighted by Gasteiger charge is 2.21. The van der Waals surface area contributed by atoms with Crippen molar-refractivity contribution in [2.45, 2.75) is 26.3 Å². The van der Waals surface area contributed by atoms with Crippen LogP contribution >= 0.6 is 22.9 Å². The quantitative estimate of drug-likeness (QED) is 0.266. The number of amides is 1. The predicted molar refractivity (Wildman–Crippen MR) is 125 cm³/mol. The zero-order chi connectivity index (χ0) is 22.7. The van der Waals surface area contributed by atoms with Gasteiger partial charge in [0, 0.05) is 37.6 Å². The lowest BCUT2D eigenvalue weighted by molar-refractivity contribution is -0.384. The van der Waals surface area contributed by atoms with Crippen LogP contribution < -0.4 is 4.90 Å². The molecule has 164 valence electrons. The lowest BCUT2D eigenvalue weighted by Gasteiger charge is -2.20. The van der Waals surface area contributed by atoms with Gasteiger partial charge in [-0.25, -0.2) is 9.97 Å². The number of nitrogens with zero attached hydrogens (tertiary/aromatic N) is 5. The third kappa shape index (κ3) is 4.79. The fourth-order valence-electron chi connectivity index (χ4n) is 3.37. The number of aryl methyl sites for hydroxylation is 2. The summed E-state index contributed by atoms with van der Waals surface area (Å²) >= 11 is 7.76. The van der Waals surface area contributed by atoms with Crippen molar-refractivity contribution in [3.05, 3.63) is 81.4 Å². The molecule has 2 aromatic carbocycles. The van der Waals surface area contributed by atoms with Gasteiger partial charge in [0.2, 0.25) is 5.91 Å². The summed E-state index contributed by atoms with van der Waals surface area (Å²) in [4.78, 5) is 34.2. The molecule has 2 heterocycles. The minimum Gasteiger partial charge on any atom is -0.337 e. The van der Waals surface area contributed by atoms with Gasteiger partial charge in [0.15, 0.2) is 5.13 Å². The van der Waals surface area contributed by atoms with Crippen LogP contribution in [0, 0.1) is 17.0 Å². The van der Waals surface area contributed by atoms with E-state index in [0.717, 1.165) is 15.8 Å². The standard InChI is InChI=1S/C22H20ClN5O3S/c1-15-3-8-18(23)21-20(15)25-22(32-21)27(11-2-10-26-12-9-24-14-26)19(29)13-16-4-6-17(7-5-16)28(30)31/h3-9,12,14H,2,10-11,13H2,1H3. The first kappa shape index (κ1) is 21.9. The van der Waals surface area contributed by atoms with E-state index in [2.05, 4.69) is 4.98 Å². The number of fused-ring (bicyclic) bond motifs is 1. The molecule has 0 saturated heterocycles. The Morgan fingerprint density at radius 3 is 2.69 bits per heavy atom. The Labute approximate surface area is 193 Å². The van der Waals surface area contributed by atoms with Crippen LogP contribution in [0.15, 0.2) is 55.1 Å². The number of thiazole rings is 1. The summed E-state index contributed by atoms with van der Waals surface area (Å²) in [6.45, 7) is 3.15. The van der Waals surface area contributed by atoms with Crippen molar-refractivity contribution < 1.29 is 9.72 Å². The second-order valence-electron chi connectivity index (χ2n) is 7.34. The number of non-ortho nitro benzene ring substituents is 1. The van der Waals surface area contributed by atoms with Crippen LogP contribution in [0.25, 0.3) is 10.2 Å². The molecule has 8 nitrogen and oxygen atoms in total. The predicted octanol–water partition coefficient (Wildman–Crippen LogP) is 5.03. The molecule has 0 atom stereocenters. The largest absolute Gasteiger partial charge is 0.337 e. The van der Waals surface area contributed by atoms with Crippen molar-refractivity contribution in [3.63, 3.8) is 0 Å². The molecule has 4 rings (SSSR count). The summed E-state index contributed by atoms with van der Waals surface area (Å²) in [6.07, 6.45) is 6.17. The molecule has 0 unspecified atom stereocenters. The van der Waals surface area contributed by atoms with Crippen LogP contribution in [0.4, 0.5) is 10.8 Å². The first-order chi connectivity index (χ1) is 15.4. The molecule has 0 saturated carbocycles. The van der Waals surface area contributed by atoms with Gasteiger partial charge in [-0.05, 0) is 30.5 Å². The van der Waals surface area contributed by atoms with Gasteiger partial charge in [0.05, 0.1) is 32.9 Å². The highest BCUT2D eigenvalue weighted by atomic mass is 35.5. The van der Waals surface area contributed by atoms with E-state index in [0.29, 0.717) is 35.2 Å². The number of halogens is 1. The van der Waals surface area contributed by atoms with Crippen LogP contribution in [0.5, 0.6) is 0 Å².